The first-order chi connectivity index (χ1) is 9.22. The summed E-state index contributed by atoms with van der Waals surface area (Å²) in [6, 6.07) is 1.93. The fourth-order valence-electron chi connectivity index (χ4n) is 2.39. The Kier molecular flexibility index (Phi) is 7.28. The average molecular weight is 394 g/mol. The highest BCUT2D eigenvalue weighted by molar-refractivity contribution is 14.0. The minimum Gasteiger partial charge on any atom is -0.384 e. The molecule has 2 rings (SSSR count). The molecule has 2 heterocycles. The first-order valence-corrected chi connectivity index (χ1v) is 6.59. The number of aliphatic imine (C=N–C) groups is 1. The fraction of sp³-hybridized carbons (Fsp3) is 0.692. The molecular weight excluding hydrogens is 371 g/mol. The number of hydrogen-bond acceptors (Lipinski definition) is 4. The summed E-state index contributed by atoms with van der Waals surface area (Å²) in [6.07, 6.45) is 1.15. The third-order valence-electron chi connectivity index (χ3n) is 3.30. The zero-order valence-corrected chi connectivity index (χ0v) is 14.6. The van der Waals surface area contributed by atoms with Crippen molar-refractivity contribution < 1.29 is 9.26 Å². The van der Waals surface area contributed by atoms with Crippen LogP contribution in [0.5, 0.6) is 0 Å². The monoisotopic (exact) mass is 394 g/mol. The Balaban J connectivity index is 0.00000200. The zero-order valence-electron chi connectivity index (χ0n) is 12.3. The number of hydrogen-bond donors (Lipinski definition) is 1. The lowest BCUT2D eigenvalue weighted by atomic mass is 10.1. The molecule has 0 aromatic carbocycles. The molecule has 1 atom stereocenters. The van der Waals surface area contributed by atoms with Crippen LogP contribution in [0.15, 0.2) is 15.6 Å². The lowest BCUT2D eigenvalue weighted by molar-refractivity contribution is 0.157. The molecule has 7 heteroatoms. The van der Waals surface area contributed by atoms with Crippen molar-refractivity contribution in [1.82, 2.24) is 15.4 Å². The van der Waals surface area contributed by atoms with E-state index in [1.54, 1.807) is 14.2 Å². The molecule has 1 aliphatic rings. The van der Waals surface area contributed by atoms with Gasteiger partial charge in [-0.05, 0) is 13.3 Å². The Morgan fingerprint density at radius 1 is 1.65 bits per heavy atom. The second-order valence-corrected chi connectivity index (χ2v) is 4.89. The van der Waals surface area contributed by atoms with Crippen molar-refractivity contribution in [1.29, 1.82) is 0 Å². The van der Waals surface area contributed by atoms with Gasteiger partial charge in [0.05, 0.1) is 18.8 Å². The van der Waals surface area contributed by atoms with Gasteiger partial charge in [-0.1, -0.05) is 5.16 Å². The van der Waals surface area contributed by atoms with Crippen LogP contribution in [-0.4, -0.2) is 49.9 Å². The van der Waals surface area contributed by atoms with Crippen LogP contribution >= 0.6 is 24.0 Å². The molecule has 0 amide bonds. The van der Waals surface area contributed by atoms with Crippen LogP contribution in [0.1, 0.15) is 17.9 Å². The summed E-state index contributed by atoms with van der Waals surface area (Å²) in [5, 5.41) is 7.17. The molecule has 1 N–H and O–H groups in total. The first kappa shape index (κ1) is 17.2. The molecule has 1 saturated heterocycles. The van der Waals surface area contributed by atoms with E-state index in [1.807, 2.05) is 13.0 Å². The fourth-order valence-corrected chi connectivity index (χ4v) is 2.39. The van der Waals surface area contributed by atoms with Crippen LogP contribution < -0.4 is 5.32 Å². The van der Waals surface area contributed by atoms with Crippen LogP contribution in [0.3, 0.4) is 0 Å². The predicted octanol–water partition coefficient (Wildman–Crippen LogP) is 1.64. The molecule has 0 bridgehead atoms. The quantitative estimate of drug-likeness (QED) is 0.478. The number of likely N-dealkylation sites (tertiary alicyclic amines) is 1. The van der Waals surface area contributed by atoms with Gasteiger partial charge in [-0.3, -0.25) is 4.99 Å². The molecule has 1 aliphatic heterocycles. The van der Waals surface area contributed by atoms with Gasteiger partial charge in [-0.25, -0.2) is 0 Å². The standard InChI is InChI=1S/C13H22N4O2.HI/c1-10-6-12(19-16-10)7-15-13(14-2)17-5-4-11(8-17)9-18-3;/h6,11H,4-5,7-9H2,1-3H3,(H,14,15);1H. The van der Waals surface area contributed by atoms with Gasteiger partial charge < -0.3 is 19.5 Å². The van der Waals surface area contributed by atoms with E-state index in [9.17, 15) is 0 Å². The van der Waals surface area contributed by atoms with Gasteiger partial charge >= 0.3 is 0 Å². The van der Waals surface area contributed by atoms with Gasteiger partial charge in [0.15, 0.2) is 11.7 Å². The van der Waals surface area contributed by atoms with Gasteiger partial charge in [-0.15, -0.1) is 24.0 Å². The minimum absolute atomic E-state index is 0. The normalized spacial score (nSPS) is 19.1. The first-order valence-electron chi connectivity index (χ1n) is 6.59. The third-order valence-corrected chi connectivity index (χ3v) is 3.30. The molecule has 1 fully saturated rings. The number of guanidine groups is 1. The summed E-state index contributed by atoms with van der Waals surface area (Å²) in [5.74, 6) is 2.33. The molecule has 1 unspecified atom stereocenters. The smallest absolute Gasteiger partial charge is 0.194 e. The summed E-state index contributed by atoms with van der Waals surface area (Å²) in [5.41, 5.74) is 0.896. The van der Waals surface area contributed by atoms with Crippen molar-refractivity contribution in [3.05, 3.63) is 17.5 Å². The molecule has 0 aliphatic carbocycles. The Hall–Kier alpha value is -0.830. The topological polar surface area (TPSA) is 62.9 Å². The van der Waals surface area contributed by atoms with Crippen molar-refractivity contribution in [3.8, 4) is 0 Å². The van der Waals surface area contributed by atoms with Gasteiger partial charge in [0.2, 0.25) is 0 Å². The van der Waals surface area contributed by atoms with Crippen molar-refractivity contribution in [3.63, 3.8) is 0 Å². The van der Waals surface area contributed by atoms with E-state index >= 15 is 0 Å². The van der Waals surface area contributed by atoms with Crippen molar-refractivity contribution in [2.75, 3.05) is 33.9 Å². The average Bonchev–Trinajstić information content (AvgIpc) is 3.01. The highest BCUT2D eigenvalue weighted by atomic mass is 127. The van der Waals surface area contributed by atoms with E-state index in [0.717, 1.165) is 43.5 Å². The van der Waals surface area contributed by atoms with Crippen molar-refractivity contribution in [2.45, 2.75) is 19.9 Å². The molecule has 1 aromatic heterocycles. The Bertz CT molecular complexity index is 436. The van der Waals surface area contributed by atoms with Crippen LogP contribution in [0, 0.1) is 12.8 Å². The maximum Gasteiger partial charge on any atom is 0.194 e. The predicted molar refractivity (Wildman–Crippen MR) is 88.4 cm³/mol. The number of aryl methyl sites for hydroxylation is 1. The van der Waals surface area contributed by atoms with E-state index < -0.39 is 0 Å². The van der Waals surface area contributed by atoms with Gasteiger partial charge in [0, 0.05) is 39.2 Å². The second kappa shape index (κ2) is 8.46. The molecule has 20 heavy (non-hydrogen) atoms. The molecule has 114 valence electrons. The number of methoxy groups -OCH3 is 1. The molecular formula is C13H23IN4O2. The summed E-state index contributed by atoms with van der Waals surface area (Å²) in [7, 11) is 3.56. The summed E-state index contributed by atoms with van der Waals surface area (Å²) in [6.45, 7) is 5.34. The van der Waals surface area contributed by atoms with Gasteiger partial charge in [-0.2, -0.15) is 0 Å². The van der Waals surface area contributed by atoms with Crippen LogP contribution in [0.4, 0.5) is 0 Å². The van der Waals surface area contributed by atoms with E-state index in [4.69, 9.17) is 9.26 Å². The number of nitrogens with zero attached hydrogens (tertiary/aromatic N) is 3. The van der Waals surface area contributed by atoms with Crippen molar-refractivity contribution in [2.24, 2.45) is 10.9 Å². The second-order valence-electron chi connectivity index (χ2n) is 4.89. The highest BCUT2D eigenvalue weighted by Crippen LogP contribution is 2.16. The maximum atomic E-state index is 5.21. The third kappa shape index (κ3) is 4.62. The molecule has 0 radical (unpaired) electrons. The lowest BCUT2D eigenvalue weighted by Gasteiger charge is -2.21. The number of ether oxygens (including phenoxy) is 1. The summed E-state index contributed by atoms with van der Waals surface area (Å²) in [4.78, 5) is 6.57. The van der Waals surface area contributed by atoms with E-state index in [-0.39, 0.29) is 24.0 Å². The summed E-state index contributed by atoms with van der Waals surface area (Å²) >= 11 is 0. The van der Waals surface area contributed by atoms with Gasteiger partial charge in [0.25, 0.3) is 0 Å². The molecule has 0 saturated carbocycles. The molecule has 1 aromatic rings. The Labute approximate surface area is 137 Å². The van der Waals surface area contributed by atoms with E-state index in [0.29, 0.717) is 12.5 Å². The maximum absolute atomic E-state index is 5.21. The zero-order chi connectivity index (χ0) is 13.7. The summed E-state index contributed by atoms with van der Waals surface area (Å²) < 4.78 is 10.4. The minimum atomic E-state index is 0. The van der Waals surface area contributed by atoms with Gasteiger partial charge in [0.1, 0.15) is 0 Å². The molecule has 6 nitrogen and oxygen atoms in total. The van der Waals surface area contributed by atoms with E-state index in [2.05, 4.69) is 20.4 Å². The highest BCUT2D eigenvalue weighted by Gasteiger charge is 2.24. The lowest BCUT2D eigenvalue weighted by Crippen LogP contribution is -2.39. The number of aromatic nitrogens is 1. The number of rotatable bonds is 4. The molecule has 0 spiro atoms. The number of halogens is 1. The largest absolute Gasteiger partial charge is 0.384 e. The Morgan fingerprint density at radius 3 is 3.05 bits per heavy atom. The van der Waals surface area contributed by atoms with Crippen LogP contribution in [0.2, 0.25) is 0 Å². The van der Waals surface area contributed by atoms with Crippen molar-refractivity contribution >= 4 is 29.9 Å². The SMILES string of the molecule is CN=C(NCc1cc(C)no1)N1CCC(COC)C1.I. The Morgan fingerprint density at radius 2 is 2.45 bits per heavy atom. The van der Waals surface area contributed by atoms with Crippen LogP contribution in [-0.2, 0) is 11.3 Å². The number of nitrogens with one attached hydrogen (secondary N) is 1. The van der Waals surface area contributed by atoms with E-state index in [1.165, 1.54) is 0 Å². The van der Waals surface area contributed by atoms with Crippen LogP contribution in [0.25, 0.3) is 0 Å².